The molecular formula is C48H32N2O2. The van der Waals surface area contributed by atoms with Crippen LogP contribution in [0.3, 0.4) is 0 Å². The first-order chi connectivity index (χ1) is 25.8. The third-order valence-electron chi connectivity index (χ3n) is 11.4. The highest BCUT2D eigenvalue weighted by molar-refractivity contribution is 6.13. The van der Waals surface area contributed by atoms with Crippen LogP contribution in [-0.2, 0) is 12.8 Å². The number of allylic oxidation sites excluding steroid dienone is 2. The van der Waals surface area contributed by atoms with Gasteiger partial charge in [-0.25, -0.2) is 0 Å². The maximum atomic E-state index is 6.25. The van der Waals surface area contributed by atoms with Gasteiger partial charge < -0.3 is 18.0 Å². The van der Waals surface area contributed by atoms with Crippen LogP contribution in [-0.4, -0.2) is 9.13 Å². The number of aryl methyl sites for hydroxylation is 2. The van der Waals surface area contributed by atoms with E-state index in [2.05, 4.69) is 155 Å². The third-order valence-corrected chi connectivity index (χ3v) is 11.4. The highest BCUT2D eigenvalue weighted by atomic mass is 16.3. The summed E-state index contributed by atoms with van der Waals surface area (Å²) < 4.78 is 17.3. The molecule has 4 nitrogen and oxygen atoms in total. The Balaban J connectivity index is 1.02. The molecule has 12 rings (SSSR count). The second kappa shape index (κ2) is 10.5. The number of para-hydroxylation sites is 2. The molecule has 4 heterocycles. The van der Waals surface area contributed by atoms with Crippen molar-refractivity contribution >= 4 is 77.7 Å². The topological polar surface area (TPSA) is 36.1 Å². The van der Waals surface area contributed by atoms with E-state index >= 15 is 0 Å². The molecule has 0 atom stereocenters. The van der Waals surface area contributed by atoms with Gasteiger partial charge in [0, 0.05) is 67.7 Å². The first-order valence-corrected chi connectivity index (χ1v) is 18.3. The smallest absolute Gasteiger partial charge is 0.135 e. The molecule has 0 amide bonds. The van der Waals surface area contributed by atoms with Gasteiger partial charge in [0.05, 0.1) is 22.1 Å². The van der Waals surface area contributed by atoms with E-state index in [0.717, 1.165) is 59.7 Å². The Morgan fingerprint density at radius 2 is 0.865 bits per heavy atom. The SMILES string of the molecule is C1=Cc2c(oc3ccc(-n4c5ccccc5c5cc(-c6ccc7c(c6)c6ccccc6n7-c6ccc7oc8c(c7c6)C=CCC8)ccc54)cc23)CC1. The minimum absolute atomic E-state index is 0.957. The maximum absolute atomic E-state index is 6.25. The molecule has 0 unspecified atom stereocenters. The standard InChI is InChI=1S/C48H32N2O2/c1-5-13-41-33(9-1)37-25-29(17-21-43(37)49(41)31-19-23-47-39(27-31)35-11-3-7-15-45(35)51-47)30-18-22-44-38(26-30)34-10-2-6-14-42(34)50(44)32-20-24-48-40(28-32)36-12-4-8-16-46(36)52-48/h1-6,9-14,17-28H,7-8,15-16H2. The molecule has 0 radical (unpaired) electrons. The summed E-state index contributed by atoms with van der Waals surface area (Å²) in [6.07, 6.45) is 12.9. The van der Waals surface area contributed by atoms with Gasteiger partial charge in [-0.2, -0.15) is 0 Å². The summed E-state index contributed by atoms with van der Waals surface area (Å²) >= 11 is 0. The number of rotatable bonds is 3. The van der Waals surface area contributed by atoms with Crippen molar-refractivity contribution in [1.29, 1.82) is 0 Å². The molecular weight excluding hydrogens is 637 g/mol. The lowest BCUT2D eigenvalue weighted by molar-refractivity contribution is 0.546. The zero-order valence-electron chi connectivity index (χ0n) is 28.4. The van der Waals surface area contributed by atoms with E-state index < -0.39 is 0 Å². The van der Waals surface area contributed by atoms with Crippen molar-refractivity contribution in [2.24, 2.45) is 0 Å². The fourth-order valence-corrected chi connectivity index (χ4v) is 9.02. The number of furan rings is 2. The lowest BCUT2D eigenvalue weighted by atomic mass is 10.0. The predicted molar refractivity (Wildman–Crippen MR) is 215 cm³/mol. The summed E-state index contributed by atoms with van der Waals surface area (Å²) in [7, 11) is 0. The average Bonchev–Trinajstić information content (AvgIpc) is 3.94. The molecule has 246 valence electrons. The molecule has 0 N–H and O–H groups in total. The van der Waals surface area contributed by atoms with Crippen molar-refractivity contribution < 1.29 is 8.83 Å². The first kappa shape index (κ1) is 28.2. The fourth-order valence-electron chi connectivity index (χ4n) is 9.02. The molecule has 0 saturated heterocycles. The molecule has 0 saturated carbocycles. The van der Waals surface area contributed by atoms with Crippen molar-refractivity contribution in [3.8, 4) is 22.5 Å². The van der Waals surface area contributed by atoms with E-state index in [-0.39, 0.29) is 0 Å². The highest BCUT2D eigenvalue weighted by Crippen LogP contribution is 2.40. The molecule has 0 spiro atoms. The number of hydrogen-bond donors (Lipinski definition) is 0. The van der Waals surface area contributed by atoms with Gasteiger partial charge in [-0.3, -0.25) is 0 Å². The third kappa shape index (κ3) is 3.92. The van der Waals surface area contributed by atoms with Crippen LogP contribution >= 0.6 is 0 Å². The number of aromatic nitrogens is 2. The Morgan fingerprint density at radius 1 is 0.404 bits per heavy atom. The molecule has 0 bridgehead atoms. The van der Waals surface area contributed by atoms with E-state index in [0.29, 0.717) is 0 Å². The molecule has 2 aliphatic rings. The van der Waals surface area contributed by atoms with Crippen LogP contribution in [0.4, 0.5) is 0 Å². The van der Waals surface area contributed by atoms with Crippen LogP contribution in [0.5, 0.6) is 0 Å². The number of hydrogen-bond acceptors (Lipinski definition) is 2. The Bertz CT molecular complexity index is 2980. The van der Waals surface area contributed by atoms with E-state index in [9.17, 15) is 0 Å². The molecule has 4 aromatic heterocycles. The van der Waals surface area contributed by atoms with E-state index in [1.807, 2.05) is 0 Å². The molecule has 0 fully saturated rings. The van der Waals surface area contributed by atoms with Crippen LogP contribution in [0, 0.1) is 0 Å². The molecule has 2 aliphatic carbocycles. The highest BCUT2D eigenvalue weighted by Gasteiger charge is 2.20. The average molecular weight is 669 g/mol. The summed E-state index contributed by atoms with van der Waals surface area (Å²) in [5.41, 5.74) is 13.9. The predicted octanol–water partition coefficient (Wildman–Crippen LogP) is 13.0. The Kier molecular flexibility index (Phi) is 5.70. The van der Waals surface area contributed by atoms with Gasteiger partial charge in [0.15, 0.2) is 0 Å². The molecule has 6 aromatic carbocycles. The van der Waals surface area contributed by atoms with Crippen molar-refractivity contribution in [3.63, 3.8) is 0 Å². The lowest BCUT2D eigenvalue weighted by Crippen LogP contribution is -1.94. The normalized spacial score (nSPS) is 14.1. The van der Waals surface area contributed by atoms with Gasteiger partial charge >= 0.3 is 0 Å². The monoisotopic (exact) mass is 668 g/mol. The van der Waals surface area contributed by atoms with Crippen molar-refractivity contribution in [2.75, 3.05) is 0 Å². The number of benzene rings is 6. The van der Waals surface area contributed by atoms with Gasteiger partial charge in [-0.1, -0.05) is 72.8 Å². The Morgan fingerprint density at radius 3 is 1.37 bits per heavy atom. The summed E-state index contributed by atoms with van der Waals surface area (Å²) in [6, 6.07) is 44.7. The fraction of sp³-hybridized carbons (Fsp3) is 0.0833. The molecule has 10 aromatic rings. The quantitative estimate of drug-likeness (QED) is 0.188. The van der Waals surface area contributed by atoms with Gasteiger partial charge in [0.1, 0.15) is 22.7 Å². The van der Waals surface area contributed by atoms with Gasteiger partial charge in [-0.05, 0) is 96.8 Å². The number of fused-ring (bicyclic) bond motifs is 12. The Hall–Kier alpha value is -6.52. The summed E-state index contributed by atoms with van der Waals surface area (Å²) in [5.74, 6) is 2.19. The van der Waals surface area contributed by atoms with E-state index in [1.54, 1.807) is 0 Å². The largest absolute Gasteiger partial charge is 0.460 e. The molecule has 52 heavy (non-hydrogen) atoms. The second-order valence-corrected chi connectivity index (χ2v) is 14.3. The minimum atomic E-state index is 0.957. The van der Waals surface area contributed by atoms with Crippen molar-refractivity contribution in [2.45, 2.75) is 25.7 Å². The van der Waals surface area contributed by atoms with Crippen LogP contribution in [0.15, 0.2) is 142 Å². The zero-order chi connectivity index (χ0) is 33.9. The summed E-state index contributed by atoms with van der Waals surface area (Å²) in [6.45, 7) is 0. The van der Waals surface area contributed by atoms with Gasteiger partial charge in [0.2, 0.25) is 0 Å². The minimum Gasteiger partial charge on any atom is -0.460 e. The zero-order valence-corrected chi connectivity index (χ0v) is 28.4. The van der Waals surface area contributed by atoms with Crippen molar-refractivity contribution in [1.82, 2.24) is 9.13 Å². The van der Waals surface area contributed by atoms with Crippen LogP contribution in [0.25, 0.3) is 100 Å². The van der Waals surface area contributed by atoms with Gasteiger partial charge in [0.25, 0.3) is 0 Å². The van der Waals surface area contributed by atoms with E-state index in [4.69, 9.17) is 8.83 Å². The van der Waals surface area contributed by atoms with Crippen LogP contribution in [0.1, 0.15) is 35.5 Å². The van der Waals surface area contributed by atoms with Gasteiger partial charge in [-0.15, -0.1) is 0 Å². The first-order valence-electron chi connectivity index (χ1n) is 18.3. The lowest BCUT2D eigenvalue weighted by Gasteiger charge is -2.10. The second-order valence-electron chi connectivity index (χ2n) is 14.3. The van der Waals surface area contributed by atoms with Crippen molar-refractivity contribution in [3.05, 3.63) is 156 Å². The molecule has 0 aliphatic heterocycles. The molecule has 4 heteroatoms. The van der Waals surface area contributed by atoms with Crippen LogP contribution < -0.4 is 0 Å². The Labute approximate surface area is 299 Å². The summed E-state index contributed by atoms with van der Waals surface area (Å²) in [4.78, 5) is 0. The number of nitrogens with zero attached hydrogens (tertiary/aromatic N) is 2. The van der Waals surface area contributed by atoms with Crippen LogP contribution in [0.2, 0.25) is 0 Å². The summed E-state index contributed by atoms with van der Waals surface area (Å²) in [5, 5.41) is 7.35. The van der Waals surface area contributed by atoms with E-state index in [1.165, 1.54) is 76.6 Å². The maximum Gasteiger partial charge on any atom is 0.135 e.